The first-order valence-corrected chi connectivity index (χ1v) is 17.4. The number of unbranched alkanes of at least 4 members (excludes halogenated alkanes) is 1. The van der Waals surface area contributed by atoms with Crippen LogP contribution in [0.2, 0.25) is 0 Å². The van der Waals surface area contributed by atoms with Crippen molar-refractivity contribution >= 4 is 5.97 Å². The number of carbonyl (C=O) groups is 1. The van der Waals surface area contributed by atoms with Crippen LogP contribution in [0.25, 0.3) is 0 Å². The lowest BCUT2D eigenvalue weighted by molar-refractivity contribution is -0.145. The van der Waals surface area contributed by atoms with Gasteiger partial charge in [0.05, 0.1) is 5.69 Å². The van der Waals surface area contributed by atoms with Crippen LogP contribution in [0.3, 0.4) is 0 Å². The molecule has 0 spiro atoms. The van der Waals surface area contributed by atoms with Crippen molar-refractivity contribution in [3.8, 4) is 0 Å². The van der Waals surface area contributed by atoms with Crippen LogP contribution in [0.1, 0.15) is 99.1 Å². The molecule has 236 valence electrons. The van der Waals surface area contributed by atoms with Crippen LogP contribution < -0.4 is 0 Å². The van der Waals surface area contributed by atoms with Gasteiger partial charge in [-0.15, -0.1) is 0 Å². The molecule has 44 heavy (non-hydrogen) atoms. The molecule has 2 saturated heterocycles. The fourth-order valence-corrected chi connectivity index (χ4v) is 8.37. The molecule has 3 aliphatic rings. The highest BCUT2D eigenvalue weighted by Gasteiger charge is 2.43. The molecular formula is C38H52N4O2. The van der Waals surface area contributed by atoms with Crippen LogP contribution >= 0.6 is 0 Å². The number of aliphatic carboxylic acids is 1. The van der Waals surface area contributed by atoms with E-state index in [0.29, 0.717) is 17.8 Å². The first kappa shape index (κ1) is 31.0. The molecule has 2 aromatic carbocycles. The Bertz CT molecular complexity index is 1310. The second-order valence-electron chi connectivity index (χ2n) is 13.8. The SMILES string of the molecule is CCCCn1nc(C2CCN(C[C@H]3CN([C@@H](C(=O)O)C4CCCCC4)CC3c3ccccc3)CC2)cc1Cc1ccccc1. The van der Waals surface area contributed by atoms with Gasteiger partial charge in [-0.3, -0.25) is 14.4 Å². The summed E-state index contributed by atoms with van der Waals surface area (Å²) in [4.78, 5) is 17.6. The Hall–Kier alpha value is -2.96. The van der Waals surface area contributed by atoms with E-state index < -0.39 is 5.97 Å². The number of piperidine rings is 1. The van der Waals surface area contributed by atoms with Crippen molar-refractivity contribution in [3.63, 3.8) is 0 Å². The predicted molar refractivity (Wildman–Crippen MR) is 177 cm³/mol. The molecule has 0 bridgehead atoms. The standard InChI is InChI=1S/C38H52N4O2/c1-2-3-21-42-34(24-29-13-7-4-8-14-29)25-36(39-42)31-19-22-40(23-20-31)26-33-27-41(28-35(33)30-15-9-5-10-16-30)37(38(43)44)32-17-11-6-12-18-32/h4-5,7-10,13-16,25,31-33,35,37H,2-3,6,11-12,17-24,26-28H2,1H3,(H,43,44)/t33-,35?,37+/m0/s1. The van der Waals surface area contributed by atoms with Crippen LogP contribution in [0.15, 0.2) is 66.7 Å². The lowest BCUT2D eigenvalue weighted by Gasteiger charge is -2.35. The summed E-state index contributed by atoms with van der Waals surface area (Å²) in [5, 5.41) is 15.6. The molecule has 1 aliphatic carbocycles. The molecule has 1 unspecified atom stereocenters. The van der Waals surface area contributed by atoms with E-state index in [1.54, 1.807) is 0 Å². The molecule has 6 rings (SSSR count). The maximum absolute atomic E-state index is 12.6. The van der Waals surface area contributed by atoms with Gasteiger partial charge in [-0.2, -0.15) is 5.10 Å². The largest absolute Gasteiger partial charge is 0.480 e. The number of aryl methyl sites for hydroxylation is 1. The highest BCUT2D eigenvalue weighted by Crippen LogP contribution is 2.39. The fraction of sp³-hybridized carbons (Fsp3) is 0.579. The molecule has 6 nitrogen and oxygen atoms in total. The van der Waals surface area contributed by atoms with Crippen molar-refractivity contribution in [3.05, 3.63) is 89.2 Å². The number of benzene rings is 2. The van der Waals surface area contributed by atoms with Crippen LogP contribution in [-0.4, -0.2) is 69.4 Å². The monoisotopic (exact) mass is 596 g/mol. The average Bonchev–Trinajstić information content (AvgIpc) is 3.65. The van der Waals surface area contributed by atoms with Crippen molar-refractivity contribution in [1.82, 2.24) is 19.6 Å². The Kier molecular flexibility index (Phi) is 10.5. The first-order chi connectivity index (χ1) is 21.6. The van der Waals surface area contributed by atoms with Gasteiger partial charge < -0.3 is 10.0 Å². The van der Waals surface area contributed by atoms with Crippen LogP contribution in [0, 0.1) is 11.8 Å². The van der Waals surface area contributed by atoms with Crippen molar-refractivity contribution in [2.24, 2.45) is 11.8 Å². The summed E-state index contributed by atoms with van der Waals surface area (Å²) in [6.07, 6.45) is 11.3. The van der Waals surface area contributed by atoms with Gasteiger partial charge in [-0.1, -0.05) is 93.3 Å². The van der Waals surface area contributed by atoms with E-state index >= 15 is 0 Å². The molecule has 1 saturated carbocycles. The van der Waals surface area contributed by atoms with Gasteiger partial charge in [0.15, 0.2) is 0 Å². The Morgan fingerprint density at radius 2 is 1.64 bits per heavy atom. The molecule has 3 aromatic rings. The lowest BCUT2D eigenvalue weighted by atomic mass is 9.83. The van der Waals surface area contributed by atoms with Gasteiger partial charge >= 0.3 is 5.97 Å². The lowest BCUT2D eigenvalue weighted by Crippen LogP contribution is -2.46. The van der Waals surface area contributed by atoms with E-state index in [2.05, 4.69) is 88.1 Å². The maximum atomic E-state index is 12.6. The Morgan fingerprint density at radius 3 is 2.32 bits per heavy atom. The third-order valence-electron chi connectivity index (χ3n) is 10.8. The summed E-state index contributed by atoms with van der Waals surface area (Å²) in [6, 6.07) is 23.7. The molecular weight excluding hydrogens is 544 g/mol. The van der Waals surface area contributed by atoms with E-state index in [1.165, 1.54) is 48.2 Å². The minimum Gasteiger partial charge on any atom is -0.480 e. The van der Waals surface area contributed by atoms with Crippen LogP contribution in [0.4, 0.5) is 0 Å². The summed E-state index contributed by atoms with van der Waals surface area (Å²) in [7, 11) is 0. The fourth-order valence-electron chi connectivity index (χ4n) is 8.37. The van der Waals surface area contributed by atoms with E-state index in [0.717, 1.165) is 77.8 Å². The Balaban J connectivity index is 1.12. The Labute approximate surface area is 264 Å². The zero-order valence-corrected chi connectivity index (χ0v) is 26.7. The molecule has 3 heterocycles. The molecule has 1 N–H and O–H groups in total. The predicted octanol–water partition coefficient (Wildman–Crippen LogP) is 7.20. The molecule has 1 aromatic heterocycles. The van der Waals surface area contributed by atoms with Crippen LogP contribution in [-0.2, 0) is 17.8 Å². The topological polar surface area (TPSA) is 61.6 Å². The normalized spacial score (nSPS) is 23.2. The van der Waals surface area contributed by atoms with Gasteiger partial charge in [-0.25, -0.2) is 0 Å². The number of likely N-dealkylation sites (tertiary alicyclic amines) is 2. The highest BCUT2D eigenvalue weighted by molar-refractivity contribution is 5.74. The zero-order valence-electron chi connectivity index (χ0n) is 26.7. The molecule has 3 atom stereocenters. The van der Waals surface area contributed by atoms with E-state index in [-0.39, 0.29) is 12.0 Å². The molecule has 2 aliphatic heterocycles. The smallest absolute Gasteiger partial charge is 0.321 e. The number of carboxylic acid groups (broad SMARTS) is 1. The quantitative estimate of drug-likeness (QED) is 0.240. The van der Waals surface area contributed by atoms with E-state index in [1.807, 2.05) is 0 Å². The molecule has 6 heteroatoms. The minimum absolute atomic E-state index is 0.288. The van der Waals surface area contributed by atoms with Crippen molar-refractivity contribution < 1.29 is 9.90 Å². The molecule has 0 amide bonds. The van der Waals surface area contributed by atoms with Gasteiger partial charge in [0.2, 0.25) is 0 Å². The highest BCUT2D eigenvalue weighted by atomic mass is 16.4. The van der Waals surface area contributed by atoms with E-state index in [4.69, 9.17) is 5.10 Å². The summed E-state index contributed by atoms with van der Waals surface area (Å²) >= 11 is 0. The number of rotatable bonds is 12. The minimum atomic E-state index is -0.616. The molecule has 0 radical (unpaired) electrons. The average molecular weight is 597 g/mol. The summed E-state index contributed by atoms with van der Waals surface area (Å²) < 4.78 is 2.28. The van der Waals surface area contributed by atoms with Gasteiger partial charge in [0, 0.05) is 50.1 Å². The van der Waals surface area contributed by atoms with Gasteiger partial charge in [0.25, 0.3) is 0 Å². The van der Waals surface area contributed by atoms with Crippen molar-refractivity contribution in [2.75, 3.05) is 32.7 Å². The third kappa shape index (κ3) is 7.46. The zero-order chi connectivity index (χ0) is 30.3. The number of aromatic nitrogens is 2. The molecule has 3 fully saturated rings. The van der Waals surface area contributed by atoms with Gasteiger partial charge in [0.1, 0.15) is 6.04 Å². The number of hydrogen-bond acceptors (Lipinski definition) is 4. The van der Waals surface area contributed by atoms with Crippen molar-refractivity contribution in [1.29, 1.82) is 0 Å². The number of nitrogens with zero attached hydrogens (tertiary/aromatic N) is 4. The van der Waals surface area contributed by atoms with Crippen LogP contribution in [0.5, 0.6) is 0 Å². The maximum Gasteiger partial charge on any atom is 0.321 e. The Morgan fingerprint density at radius 1 is 0.932 bits per heavy atom. The number of carboxylic acids is 1. The van der Waals surface area contributed by atoms with Crippen molar-refractivity contribution in [2.45, 2.75) is 95.6 Å². The summed E-state index contributed by atoms with van der Waals surface area (Å²) in [5.74, 6) is 1.02. The third-order valence-corrected chi connectivity index (χ3v) is 10.8. The summed E-state index contributed by atoms with van der Waals surface area (Å²) in [5.41, 5.74) is 5.33. The summed E-state index contributed by atoms with van der Waals surface area (Å²) in [6.45, 7) is 8.21. The van der Waals surface area contributed by atoms with E-state index in [9.17, 15) is 9.90 Å². The number of hydrogen-bond donors (Lipinski definition) is 1. The second-order valence-corrected chi connectivity index (χ2v) is 13.8. The first-order valence-electron chi connectivity index (χ1n) is 17.4. The van der Waals surface area contributed by atoms with Gasteiger partial charge in [-0.05, 0) is 74.2 Å². The second kappa shape index (κ2) is 14.9.